The number of hydrogen-bond donors (Lipinski definition) is 0. The van der Waals surface area contributed by atoms with E-state index in [2.05, 4.69) is 5.92 Å². The number of hydrogen-bond acceptors (Lipinski definition) is 2. The van der Waals surface area contributed by atoms with Crippen molar-refractivity contribution < 1.29 is 9.53 Å². The number of carbonyl (C=O) groups is 1. The summed E-state index contributed by atoms with van der Waals surface area (Å²) in [6.07, 6.45) is 7.08. The molecule has 0 saturated heterocycles. The Labute approximate surface area is 146 Å². The van der Waals surface area contributed by atoms with Crippen LogP contribution in [0.1, 0.15) is 18.1 Å². The molecule has 0 saturated carbocycles. The van der Waals surface area contributed by atoms with Crippen LogP contribution in [0.5, 0.6) is 5.75 Å². The quantitative estimate of drug-likeness (QED) is 0.616. The zero-order chi connectivity index (χ0) is 17.1. The minimum atomic E-state index is -0.0263. The van der Waals surface area contributed by atoms with Crippen molar-refractivity contribution in [3.05, 3.63) is 58.6 Å². The van der Waals surface area contributed by atoms with Crippen molar-refractivity contribution in [1.82, 2.24) is 0 Å². The number of para-hydroxylation sites is 1. The van der Waals surface area contributed by atoms with E-state index in [1.54, 1.807) is 23.1 Å². The van der Waals surface area contributed by atoms with Crippen LogP contribution in [-0.2, 0) is 4.79 Å². The summed E-state index contributed by atoms with van der Waals surface area (Å²) in [5.41, 5.74) is 3.19. The van der Waals surface area contributed by atoms with Crippen molar-refractivity contribution in [2.75, 3.05) is 18.1 Å². The average Bonchev–Trinajstić information content (AvgIpc) is 2.86. The van der Waals surface area contributed by atoms with E-state index in [9.17, 15) is 4.79 Å². The van der Waals surface area contributed by atoms with Crippen LogP contribution in [0.15, 0.2) is 42.5 Å². The summed E-state index contributed by atoms with van der Waals surface area (Å²) in [6.45, 7) is 2.73. The number of rotatable bonds is 4. The molecule has 0 bridgehead atoms. The van der Waals surface area contributed by atoms with E-state index in [1.165, 1.54) is 0 Å². The molecule has 0 aliphatic carbocycles. The van der Waals surface area contributed by atoms with Crippen LogP contribution in [0, 0.1) is 12.3 Å². The third kappa shape index (κ3) is 2.89. The maximum atomic E-state index is 12.8. The van der Waals surface area contributed by atoms with Crippen molar-refractivity contribution in [3.63, 3.8) is 0 Å². The number of carbonyl (C=O) groups excluding carboxylic acids is 1. The Morgan fingerprint density at radius 1 is 1.29 bits per heavy atom. The predicted molar refractivity (Wildman–Crippen MR) is 98.1 cm³/mol. The van der Waals surface area contributed by atoms with Gasteiger partial charge in [0.1, 0.15) is 12.4 Å². The Kier molecular flexibility index (Phi) is 4.59. The summed E-state index contributed by atoms with van der Waals surface area (Å²) < 4.78 is 5.56. The summed E-state index contributed by atoms with van der Waals surface area (Å²) in [5, 5.41) is 0.570. The number of amides is 1. The van der Waals surface area contributed by atoms with Crippen LogP contribution < -0.4 is 9.64 Å². The first-order chi connectivity index (χ1) is 11.7. The maximum absolute atomic E-state index is 12.8. The summed E-state index contributed by atoms with van der Waals surface area (Å²) in [4.78, 5) is 14.5. The fourth-order valence-electron chi connectivity index (χ4n) is 2.80. The molecule has 2 aromatic rings. The molecule has 3 rings (SSSR count). The Bertz CT molecular complexity index is 864. The molecule has 4 heteroatoms. The minimum Gasteiger partial charge on any atom is -0.480 e. The summed E-state index contributed by atoms with van der Waals surface area (Å²) >= 11 is 6.11. The van der Waals surface area contributed by atoms with Crippen molar-refractivity contribution in [1.29, 1.82) is 0 Å². The van der Waals surface area contributed by atoms with Gasteiger partial charge < -0.3 is 9.64 Å². The van der Waals surface area contributed by atoms with Gasteiger partial charge in [-0.3, -0.25) is 4.79 Å². The lowest BCUT2D eigenvalue weighted by atomic mass is 10.0. The molecule has 0 fully saturated rings. The van der Waals surface area contributed by atoms with Gasteiger partial charge >= 0.3 is 0 Å². The lowest BCUT2D eigenvalue weighted by Crippen LogP contribution is -2.25. The first kappa shape index (κ1) is 16.2. The third-order valence-corrected chi connectivity index (χ3v) is 4.09. The fourth-order valence-corrected chi connectivity index (χ4v) is 2.98. The number of anilines is 1. The standard InChI is InChI=1S/C20H16ClNO2/c1-3-11-24-19-10-9-15(21)12-14(19)13-17-16-7-5-6-8-18(16)22(4-2)20(17)23/h1,5-10,12-13H,4,11H2,2H3/b17-13-. The Morgan fingerprint density at radius 3 is 2.83 bits per heavy atom. The molecule has 0 spiro atoms. The fraction of sp³-hybridized carbons (Fsp3) is 0.150. The highest BCUT2D eigenvalue weighted by Crippen LogP contribution is 2.38. The molecule has 0 aromatic heterocycles. The van der Waals surface area contributed by atoms with E-state index in [0.29, 0.717) is 22.9 Å². The van der Waals surface area contributed by atoms with Crippen molar-refractivity contribution >= 4 is 34.8 Å². The second-order valence-electron chi connectivity index (χ2n) is 5.30. The van der Waals surface area contributed by atoms with Gasteiger partial charge in [-0.2, -0.15) is 0 Å². The van der Waals surface area contributed by atoms with Crippen molar-refractivity contribution in [2.45, 2.75) is 6.92 Å². The molecule has 0 radical (unpaired) electrons. The third-order valence-electron chi connectivity index (χ3n) is 3.86. The highest BCUT2D eigenvalue weighted by molar-refractivity contribution is 6.36. The zero-order valence-electron chi connectivity index (χ0n) is 13.3. The van der Waals surface area contributed by atoms with E-state index in [4.69, 9.17) is 22.8 Å². The van der Waals surface area contributed by atoms with Crippen LogP contribution >= 0.6 is 11.6 Å². The molecule has 2 aromatic carbocycles. The van der Waals surface area contributed by atoms with E-state index in [0.717, 1.165) is 16.8 Å². The Hall–Kier alpha value is -2.70. The number of terminal acetylenes is 1. The number of ether oxygens (including phenoxy) is 1. The summed E-state index contributed by atoms with van der Waals surface area (Å²) in [5.74, 6) is 3.02. The molecular formula is C20H16ClNO2. The van der Waals surface area contributed by atoms with E-state index in [-0.39, 0.29) is 12.5 Å². The molecule has 1 amide bonds. The van der Waals surface area contributed by atoms with Gasteiger partial charge in [-0.25, -0.2) is 0 Å². The molecule has 24 heavy (non-hydrogen) atoms. The van der Waals surface area contributed by atoms with Gasteiger partial charge in [0.05, 0.1) is 5.69 Å². The monoisotopic (exact) mass is 337 g/mol. The lowest BCUT2D eigenvalue weighted by Gasteiger charge is -2.13. The molecule has 120 valence electrons. The van der Waals surface area contributed by atoms with Gasteiger partial charge in [0.25, 0.3) is 5.91 Å². The van der Waals surface area contributed by atoms with Gasteiger partial charge in [-0.15, -0.1) is 6.42 Å². The topological polar surface area (TPSA) is 29.5 Å². The molecule has 1 aliphatic heterocycles. The van der Waals surface area contributed by atoms with Crippen LogP contribution in [-0.4, -0.2) is 19.1 Å². The summed E-state index contributed by atoms with van der Waals surface area (Å²) in [6, 6.07) is 13.0. The first-order valence-electron chi connectivity index (χ1n) is 7.64. The number of benzene rings is 2. The molecule has 1 aliphatic rings. The molecule has 3 nitrogen and oxygen atoms in total. The largest absolute Gasteiger partial charge is 0.480 e. The van der Waals surface area contributed by atoms with Crippen molar-refractivity contribution in [3.8, 4) is 18.1 Å². The average molecular weight is 338 g/mol. The van der Waals surface area contributed by atoms with Gasteiger partial charge in [0.2, 0.25) is 0 Å². The second-order valence-corrected chi connectivity index (χ2v) is 5.74. The van der Waals surface area contributed by atoms with Crippen LogP contribution in [0.25, 0.3) is 11.6 Å². The van der Waals surface area contributed by atoms with E-state index in [1.807, 2.05) is 37.3 Å². The molecule has 0 unspecified atom stereocenters. The maximum Gasteiger partial charge on any atom is 0.258 e. The van der Waals surface area contributed by atoms with Crippen LogP contribution in [0.4, 0.5) is 5.69 Å². The van der Waals surface area contributed by atoms with Gasteiger partial charge in [0, 0.05) is 28.3 Å². The van der Waals surface area contributed by atoms with Gasteiger partial charge in [-0.1, -0.05) is 35.7 Å². The predicted octanol–water partition coefficient (Wildman–Crippen LogP) is 4.26. The van der Waals surface area contributed by atoms with Crippen LogP contribution in [0.2, 0.25) is 5.02 Å². The molecule has 0 N–H and O–H groups in total. The van der Waals surface area contributed by atoms with Gasteiger partial charge in [0.15, 0.2) is 0 Å². The SMILES string of the molecule is C#CCOc1ccc(Cl)cc1/C=C1\C(=O)N(CC)c2ccccc21. The number of halogens is 1. The smallest absolute Gasteiger partial charge is 0.258 e. The van der Waals surface area contributed by atoms with E-state index < -0.39 is 0 Å². The number of nitrogens with zero attached hydrogens (tertiary/aromatic N) is 1. The first-order valence-corrected chi connectivity index (χ1v) is 8.02. The normalized spacial score (nSPS) is 14.6. The Balaban J connectivity index is 2.11. The Morgan fingerprint density at radius 2 is 2.08 bits per heavy atom. The summed E-state index contributed by atoms with van der Waals surface area (Å²) in [7, 11) is 0. The zero-order valence-corrected chi connectivity index (χ0v) is 14.0. The highest BCUT2D eigenvalue weighted by atomic mass is 35.5. The van der Waals surface area contributed by atoms with Crippen molar-refractivity contribution in [2.24, 2.45) is 0 Å². The number of fused-ring (bicyclic) bond motifs is 1. The second kappa shape index (κ2) is 6.82. The number of likely N-dealkylation sites (N-methyl/N-ethyl adjacent to an activating group) is 1. The van der Waals surface area contributed by atoms with Gasteiger partial charge in [-0.05, 0) is 37.3 Å². The molecule has 0 atom stereocenters. The minimum absolute atomic E-state index is 0.0263. The highest BCUT2D eigenvalue weighted by Gasteiger charge is 2.30. The van der Waals surface area contributed by atoms with Crippen LogP contribution in [0.3, 0.4) is 0 Å². The van der Waals surface area contributed by atoms with E-state index >= 15 is 0 Å². The molecular weight excluding hydrogens is 322 g/mol. The lowest BCUT2D eigenvalue weighted by molar-refractivity contribution is -0.112. The molecule has 1 heterocycles.